The number of ether oxygens (including phenoxy) is 1. The Kier molecular flexibility index (Phi) is 6.74. The summed E-state index contributed by atoms with van der Waals surface area (Å²) < 4.78 is 61.5. The van der Waals surface area contributed by atoms with Gasteiger partial charge in [0, 0.05) is 11.9 Å². The summed E-state index contributed by atoms with van der Waals surface area (Å²) in [6.45, 7) is -0.248. The molecule has 0 radical (unpaired) electrons. The lowest BCUT2D eigenvalue weighted by Crippen LogP contribution is -2.48. The van der Waals surface area contributed by atoms with Crippen LogP contribution in [0.25, 0.3) is 0 Å². The van der Waals surface area contributed by atoms with Crippen LogP contribution >= 0.6 is 0 Å². The van der Waals surface area contributed by atoms with Crippen molar-refractivity contribution in [3.63, 3.8) is 0 Å². The summed E-state index contributed by atoms with van der Waals surface area (Å²) >= 11 is 0. The summed E-state index contributed by atoms with van der Waals surface area (Å²) in [6, 6.07) is 23.3. The lowest BCUT2D eigenvalue weighted by atomic mass is 10.2. The third-order valence-corrected chi connectivity index (χ3v) is 8.90. The predicted octanol–water partition coefficient (Wildman–Crippen LogP) is 3.48. The van der Waals surface area contributed by atoms with Gasteiger partial charge in [0.1, 0.15) is 5.75 Å². The van der Waals surface area contributed by atoms with Gasteiger partial charge in [0.05, 0.1) is 33.9 Å². The molecule has 3 aromatic carbocycles. The van der Waals surface area contributed by atoms with E-state index in [9.17, 15) is 21.6 Å². The van der Waals surface area contributed by atoms with Gasteiger partial charge in [-0.15, -0.1) is 0 Å². The monoisotopic (exact) mass is 550 g/mol. The van der Waals surface area contributed by atoms with E-state index in [2.05, 4.69) is 15.0 Å². The number of nitrogens with zero attached hydrogens (tertiary/aromatic N) is 2. The number of para-hydroxylation sites is 2. The average molecular weight is 551 g/mol. The van der Waals surface area contributed by atoms with Crippen molar-refractivity contribution in [2.75, 3.05) is 20.9 Å². The first-order valence-corrected chi connectivity index (χ1v) is 14.3. The van der Waals surface area contributed by atoms with Gasteiger partial charge in [-0.2, -0.15) is 0 Å². The number of aromatic nitrogens is 1. The second-order valence-corrected chi connectivity index (χ2v) is 11.8. The Balaban J connectivity index is 1.34. The Morgan fingerprint density at radius 1 is 0.816 bits per heavy atom. The molecule has 0 aliphatic carbocycles. The Bertz CT molecular complexity index is 1660. The standard InChI is InChI=1S/C26H22N4O6S2/c31-26(28-19-12-14-21(15-13-19)37(32,33)29-20-7-6-16-27-17-20)25-18-30(23-10-4-5-11-24(23)36-25)38(34,35)22-8-2-1-3-9-22/h1-17,25,29H,18H2,(H,28,31)/t25-/m0/s1. The van der Waals surface area contributed by atoms with Crippen molar-refractivity contribution in [1.29, 1.82) is 0 Å². The zero-order valence-corrected chi connectivity index (χ0v) is 21.4. The number of fused-ring (bicyclic) bond motifs is 1. The van der Waals surface area contributed by atoms with Gasteiger partial charge in [-0.05, 0) is 60.7 Å². The number of benzene rings is 3. The molecule has 1 atom stereocenters. The van der Waals surface area contributed by atoms with Gasteiger partial charge in [0.25, 0.3) is 26.0 Å². The fraction of sp³-hybridized carbons (Fsp3) is 0.0769. The minimum atomic E-state index is -3.97. The maximum absolute atomic E-state index is 13.4. The number of anilines is 3. The van der Waals surface area contributed by atoms with Crippen LogP contribution in [0.1, 0.15) is 0 Å². The molecule has 1 aromatic heterocycles. The predicted molar refractivity (Wildman–Crippen MR) is 142 cm³/mol. The van der Waals surface area contributed by atoms with E-state index in [0.29, 0.717) is 17.1 Å². The van der Waals surface area contributed by atoms with Crippen LogP contribution in [0, 0.1) is 0 Å². The van der Waals surface area contributed by atoms with Crippen molar-refractivity contribution in [2.45, 2.75) is 15.9 Å². The van der Waals surface area contributed by atoms with E-state index in [4.69, 9.17) is 4.74 Å². The van der Waals surface area contributed by atoms with E-state index < -0.39 is 32.1 Å². The van der Waals surface area contributed by atoms with Crippen LogP contribution in [-0.2, 0) is 24.8 Å². The van der Waals surface area contributed by atoms with Crippen LogP contribution in [-0.4, -0.2) is 40.4 Å². The molecular weight excluding hydrogens is 528 g/mol. The topological polar surface area (TPSA) is 135 Å². The average Bonchev–Trinajstić information content (AvgIpc) is 2.93. The fourth-order valence-electron chi connectivity index (χ4n) is 3.86. The molecule has 194 valence electrons. The Hall–Kier alpha value is -4.42. The van der Waals surface area contributed by atoms with Crippen LogP contribution in [0.15, 0.2) is 113 Å². The molecule has 0 saturated carbocycles. The number of carbonyl (C=O) groups is 1. The molecule has 1 aliphatic rings. The summed E-state index contributed by atoms with van der Waals surface area (Å²) in [4.78, 5) is 17.1. The molecule has 4 aromatic rings. The first-order valence-electron chi connectivity index (χ1n) is 11.4. The summed E-state index contributed by atoms with van der Waals surface area (Å²) in [5, 5.41) is 2.67. The molecule has 38 heavy (non-hydrogen) atoms. The maximum atomic E-state index is 13.4. The Labute approximate surface area is 220 Å². The lowest BCUT2D eigenvalue weighted by molar-refractivity contribution is -0.122. The molecule has 0 fully saturated rings. The number of nitrogens with one attached hydrogen (secondary N) is 2. The van der Waals surface area contributed by atoms with Gasteiger partial charge < -0.3 is 10.1 Å². The number of hydrogen-bond donors (Lipinski definition) is 2. The van der Waals surface area contributed by atoms with E-state index in [0.717, 1.165) is 4.31 Å². The molecule has 1 aliphatic heterocycles. The zero-order valence-electron chi connectivity index (χ0n) is 19.8. The Morgan fingerprint density at radius 2 is 1.53 bits per heavy atom. The van der Waals surface area contributed by atoms with Crippen LogP contribution in [0.5, 0.6) is 5.75 Å². The highest BCUT2D eigenvalue weighted by Gasteiger charge is 2.37. The third-order valence-electron chi connectivity index (χ3n) is 5.70. The van der Waals surface area contributed by atoms with E-state index in [1.54, 1.807) is 54.6 Å². The van der Waals surface area contributed by atoms with Crippen molar-refractivity contribution >= 4 is 43.0 Å². The fourth-order valence-corrected chi connectivity index (χ4v) is 6.40. The number of hydrogen-bond acceptors (Lipinski definition) is 7. The van der Waals surface area contributed by atoms with Crippen molar-refractivity contribution in [1.82, 2.24) is 4.98 Å². The molecule has 1 amide bonds. The molecule has 12 heteroatoms. The van der Waals surface area contributed by atoms with Crippen LogP contribution in [0.3, 0.4) is 0 Å². The van der Waals surface area contributed by atoms with Crippen molar-refractivity contribution in [3.05, 3.63) is 103 Å². The molecular formula is C26H22N4O6S2. The number of pyridine rings is 1. The molecule has 5 rings (SSSR count). The summed E-state index contributed by atoms with van der Waals surface area (Å²) in [5.74, 6) is -0.335. The minimum absolute atomic E-state index is 0.0117. The van der Waals surface area contributed by atoms with E-state index in [-0.39, 0.29) is 22.1 Å². The largest absolute Gasteiger partial charge is 0.476 e. The number of amides is 1. The first kappa shape index (κ1) is 25.2. The van der Waals surface area contributed by atoms with Gasteiger partial charge >= 0.3 is 0 Å². The number of sulfonamides is 2. The van der Waals surface area contributed by atoms with Crippen LogP contribution in [0.4, 0.5) is 17.1 Å². The third kappa shape index (κ3) is 5.17. The van der Waals surface area contributed by atoms with Gasteiger partial charge in [-0.25, -0.2) is 16.8 Å². The highest BCUT2D eigenvalue weighted by Crippen LogP contribution is 2.37. The second-order valence-electron chi connectivity index (χ2n) is 8.28. The van der Waals surface area contributed by atoms with Gasteiger partial charge in [0.15, 0.2) is 6.10 Å². The van der Waals surface area contributed by atoms with E-state index >= 15 is 0 Å². The van der Waals surface area contributed by atoms with Crippen molar-refractivity contribution in [3.8, 4) is 5.75 Å². The first-order chi connectivity index (χ1) is 18.2. The number of rotatable bonds is 7. The number of carbonyl (C=O) groups excluding carboxylic acids is 1. The zero-order chi connectivity index (χ0) is 26.8. The molecule has 0 unspecified atom stereocenters. The van der Waals surface area contributed by atoms with Crippen LogP contribution in [0.2, 0.25) is 0 Å². The second kappa shape index (κ2) is 10.1. The Morgan fingerprint density at radius 3 is 2.24 bits per heavy atom. The lowest BCUT2D eigenvalue weighted by Gasteiger charge is -2.34. The SMILES string of the molecule is O=C(Nc1ccc(S(=O)(=O)Nc2cccnc2)cc1)[C@@H]1CN(S(=O)(=O)c2ccccc2)c2ccccc2O1. The van der Waals surface area contributed by atoms with Gasteiger partial charge in [-0.3, -0.25) is 18.8 Å². The molecule has 10 nitrogen and oxygen atoms in total. The highest BCUT2D eigenvalue weighted by atomic mass is 32.2. The van der Waals surface area contributed by atoms with Crippen molar-refractivity contribution in [2.24, 2.45) is 0 Å². The molecule has 0 saturated heterocycles. The van der Waals surface area contributed by atoms with Crippen LogP contribution < -0.4 is 19.1 Å². The van der Waals surface area contributed by atoms with Gasteiger partial charge in [-0.1, -0.05) is 30.3 Å². The smallest absolute Gasteiger partial charge is 0.267 e. The van der Waals surface area contributed by atoms with Crippen molar-refractivity contribution < 1.29 is 26.4 Å². The van der Waals surface area contributed by atoms with E-state index in [1.165, 1.54) is 48.8 Å². The maximum Gasteiger partial charge on any atom is 0.267 e. The van der Waals surface area contributed by atoms with E-state index in [1.807, 2.05) is 0 Å². The van der Waals surface area contributed by atoms with Gasteiger partial charge in [0.2, 0.25) is 0 Å². The molecule has 2 heterocycles. The summed E-state index contributed by atoms with van der Waals surface area (Å²) in [7, 11) is -7.83. The normalized spacial score (nSPS) is 15.2. The minimum Gasteiger partial charge on any atom is -0.476 e. The highest BCUT2D eigenvalue weighted by molar-refractivity contribution is 7.93. The molecule has 0 spiro atoms. The molecule has 0 bridgehead atoms. The molecule has 2 N–H and O–H groups in total. The quantitative estimate of drug-likeness (QED) is 0.360. The summed E-state index contributed by atoms with van der Waals surface area (Å²) in [5.41, 5.74) is 0.959. The summed E-state index contributed by atoms with van der Waals surface area (Å²) in [6.07, 6.45) is 1.76.